The highest BCUT2D eigenvalue weighted by atomic mass is 15.3. The molecule has 1 unspecified atom stereocenters. The summed E-state index contributed by atoms with van der Waals surface area (Å²) in [5.41, 5.74) is 9.23. The average molecular weight is 284 g/mol. The monoisotopic (exact) mass is 284 g/mol. The Labute approximate surface area is 126 Å². The van der Waals surface area contributed by atoms with E-state index in [1.54, 1.807) is 6.33 Å². The Balaban J connectivity index is 1.94. The zero-order valence-corrected chi connectivity index (χ0v) is 12.8. The van der Waals surface area contributed by atoms with E-state index in [4.69, 9.17) is 5.73 Å². The fraction of sp³-hybridized carbons (Fsp3) is 0.529. The molecule has 4 nitrogen and oxygen atoms in total. The molecule has 1 aliphatic carbocycles. The number of fused-ring (bicyclic) bond motifs is 1. The highest BCUT2D eigenvalue weighted by Crippen LogP contribution is 2.34. The number of rotatable bonds is 4. The van der Waals surface area contributed by atoms with Gasteiger partial charge in [0.05, 0.1) is 0 Å². The van der Waals surface area contributed by atoms with Crippen LogP contribution in [0.3, 0.4) is 0 Å². The molecular formula is C17H24N4. The molecule has 0 aliphatic heterocycles. The van der Waals surface area contributed by atoms with Gasteiger partial charge in [-0.15, -0.1) is 0 Å². The van der Waals surface area contributed by atoms with Gasteiger partial charge >= 0.3 is 0 Å². The molecule has 0 amide bonds. The second kappa shape index (κ2) is 5.98. The largest absolute Gasteiger partial charge is 0.321 e. The van der Waals surface area contributed by atoms with Gasteiger partial charge in [-0.05, 0) is 36.8 Å². The second-order valence-electron chi connectivity index (χ2n) is 6.10. The van der Waals surface area contributed by atoms with Gasteiger partial charge in [-0.25, -0.2) is 4.98 Å². The summed E-state index contributed by atoms with van der Waals surface area (Å²) in [5, 5.41) is 4.33. The topological polar surface area (TPSA) is 56.7 Å². The predicted molar refractivity (Wildman–Crippen MR) is 83.9 cm³/mol. The highest BCUT2D eigenvalue weighted by molar-refractivity contribution is 5.35. The molecule has 0 radical (unpaired) electrons. The van der Waals surface area contributed by atoms with Crippen molar-refractivity contribution in [1.82, 2.24) is 14.8 Å². The van der Waals surface area contributed by atoms with Gasteiger partial charge in [-0.3, -0.25) is 4.68 Å². The molecule has 3 rings (SSSR count). The molecule has 1 atom stereocenters. The van der Waals surface area contributed by atoms with Gasteiger partial charge in [0.15, 0.2) is 0 Å². The third kappa shape index (κ3) is 2.86. The first kappa shape index (κ1) is 14.3. The van der Waals surface area contributed by atoms with E-state index in [1.165, 1.54) is 24.0 Å². The molecule has 21 heavy (non-hydrogen) atoms. The van der Waals surface area contributed by atoms with Crippen molar-refractivity contribution in [1.29, 1.82) is 0 Å². The van der Waals surface area contributed by atoms with Gasteiger partial charge in [0.2, 0.25) is 0 Å². The van der Waals surface area contributed by atoms with Crippen LogP contribution in [-0.2, 0) is 24.9 Å². The summed E-state index contributed by atoms with van der Waals surface area (Å²) in [6, 6.07) is 8.63. The predicted octanol–water partition coefficient (Wildman–Crippen LogP) is 2.81. The van der Waals surface area contributed by atoms with Crippen molar-refractivity contribution in [3.8, 4) is 0 Å². The number of aryl methyl sites for hydroxylation is 2. The molecular weight excluding hydrogens is 260 g/mol. The summed E-state index contributed by atoms with van der Waals surface area (Å²) in [6.07, 6.45) is 8.02. The van der Waals surface area contributed by atoms with E-state index in [-0.39, 0.29) is 5.54 Å². The molecule has 112 valence electrons. The number of nitrogens with zero attached hydrogens (tertiary/aromatic N) is 3. The third-order valence-electron chi connectivity index (χ3n) is 4.48. The normalized spacial score (nSPS) is 21.8. The summed E-state index contributed by atoms with van der Waals surface area (Å²) >= 11 is 0. The average Bonchev–Trinajstić information content (AvgIpc) is 2.84. The highest BCUT2D eigenvalue weighted by Gasteiger charge is 2.32. The van der Waals surface area contributed by atoms with Crippen molar-refractivity contribution in [2.24, 2.45) is 5.73 Å². The van der Waals surface area contributed by atoms with Crippen LogP contribution in [0.1, 0.15) is 49.6 Å². The first-order valence-corrected chi connectivity index (χ1v) is 7.97. The van der Waals surface area contributed by atoms with Crippen molar-refractivity contribution in [3.63, 3.8) is 0 Å². The van der Waals surface area contributed by atoms with Gasteiger partial charge in [-0.1, -0.05) is 37.6 Å². The minimum Gasteiger partial charge on any atom is -0.321 e. The molecule has 0 saturated carbocycles. The molecule has 2 N–H and O–H groups in total. The molecule has 1 aromatic heterocycles. The van der Waals surface area contributed by atoms with E-state index in [9.17, 15) is 0 Å². The Kier molecular flexibility index (Phi) is 4.06. The quantitative estimate of drug-likeness (QED) is 0.878. The summed E-state index contributed by atoms with van der Waals surface area (Å²) in [4.78, 5) is 4.45. The minimum atomic E-state index is -0.314. The lowest BCUT2D eigenvalue weighted by Gasteiger charge is -2.30. The van der Waals surface area contributed by atoms with Crippen LogP contribution in [0.4, 0.5) is 0 Å². The van der Waals surface area contributed by atoms with Crippen molar-refractivity contribution in [2.75, 3.05) is 0 Å². The van der Waals surface area contributed by atoms with Crippen LogP contribution in [0.15, 0.2) is 30.6 Å². The molecule has 0 fully saturated rings. The maximum Gasteiger partial charge on any atom is 0.138 e. The van der Waals surface area contributed by atoms with E-state index >= 15 is 0 Å². The smallest absolute Gasteiger partial charge is 0.138 e. The molecule has 0 spiro atoms. The molecule has 0 saturated heterocycles. The lowest BCUT2D eigenvalue weighted by molar-refractivity contribution is 0.379. The van der Waals surface area contributed by atoms with E-state index in [2.05, 4.69) is 41.3 Å². The molecule has 1 aliphatic rings. The van der Waals surface area contributed by atoms with Gasteiger partial charge in [0, 0.05) is 18.5 Å². The van der Waals surface area contributed by atoms with Crippen molar-refractivity contribution >= 4 is 0 Å². The Morgan fingerprint density at radius 1 is 1.29 bits per heavy atom. The van der Waals surface area contributed by atoms with Crippen molar-refractivity contribution in [3.05, 3.63) is 47.5 Å². The minimum absolute atomic E-state index is 0.314. The first-order chi connectivity index (χ1) is 10.2. The summed E-state index contributed by atoms with van der Waals surface area (Å²) in [5.74, 6) is 1.01. The van der Waals surface area contributed by atoms with Crippen LogP contribution < -0.4 is 5.73 Å². The maximum absolute atomic E-state index is 6.85. The van der Waals surface area contributed by atoms with Crippen LogP contribution in [0.2, 0.25) is 0 Å². The lowest BCUT2D eigenvalue weighted by Crippen LogP contribution is -2.40. The fourth-order valence-corrected chi connectivity index (χ4v) is 3.40. The number of benzene rings is 1. The summed E-state index contributed by atoms with van der Waals surface area (Å²) < 4.78 is 2.00. The Hall–Kier alpha value is -1.68. The fourth-order valence-electron chi connectivity index (χ4n) is 3.40. The van der Waals surface area contributed by atoms with E-state index in [1.807, 2.05) is 4.68 Å². The third-order valence-corrected chi connectivity index (χ3v) is 4.48. The lowest BCUT2D eigenvalue weighted by atomic mass is 9.82. The molecule has 4 heteroatoms. The number of hydrogen-bond acceptors (Lipinski definition) is 3. The van der Waals surface area contributed by atoms with Crippen LogP contribution >= 0.6 is 0 Å². The first-order valence-electron chi connectivity index (χ1n) is 7.97. The van der Waals surface area contributed by atoms with E-state index in [0.29, 0.717) is 0 Å². The van der Waals surface area contributed by atoms with Gasteiger partial charge < -0.3 is 5.73 Å². The Morgan fingerprint density at radius 2 is 2.14 bits per heavy atom. The Bertz CT molecular complexity index is 604. The number of aromatic nitrogens is 3. The Morgan fingerprint density at radius 3 is 3.00 bits per heavy atom. The number of hydrogen-bond donors (Lipinski definition) is 1. The zero-order chi connectivity index (χ0) is 14.7. The van der Waals surface area contributed by atoms with Gasteiger partial charge in [0.1, 0.15) is 12.2 Å². The SMILES string of the molecule is CCCn1ncnc1CC1(N)CCCCc2ccccc21. The summed E-state index contributed by atoms with van der Waals surface area (Å²) in [6.45, 7) is 3.07. The molecule has 0 bridgehead atoms. The zero-order valence-electron chi connectivity index (χ0n) is 12.8. The molecule has 2 aromatic rings. The van der Waals surface area contributed by atoms with Gasteiger partial charge in [0.25, 0.3) is 0 Å². The molecule has 1 aromatic carbocycles. The van der Waals surface area contributed by atoms with E-state index < -0.39 is 0 Å². The molecule has 1 heterocycles. The maximum atomic E-state index is 6.85. The van der Waals surface area contributed by atoms with Crippen molar-refractivity contribution < 1.29 is 0 Å². The van der Waals surface area contributed by atoms with Crippen LogP contribution in [0.5, 0.6) is 0 Å². The van der Waals surface area contributed by atoms with Crippen molar-refractivity contribution in [2.45, 2.75) is 57.5 Å². The van der Waals surface area contributed by atoms with E-state index in [0.717, 1.165) is 38.1 Å². The van der Waals surface area contributed by atoms with Crippen LogP contribution in [0, 0.1) is 0 Å². The van der Waals surface area contributed by atoms with Crippen LogP contribution in [-0.4, -0.2) is 14.8 Å². The second-order valence-corrected chi connectivity index (χ2v) is 6.10. The summed E-state index contributed by atoms with van der Waals surface area (Å²) in [7, 11) is 0. The number of nitrogens with two attached hydrogens (primary N) is 1. The standard InChI is InChI=1S/C17H24N4/c1-2-11-21-16(19-13-20-21)12-17(18)10-6-5-8-14-7-3-4-9-15(14)17/h3-4,7,9,13H,2,5-6,8,10-12,18H2,1H3. The van der Waals surface area contributed by atoms with Gasteiger partial charge in [-0.2, -0.15) is 5.10 Å². The van der Waals surface area contributed by atoms with Crippen LogP contribution in [0.25, 0.3) is 0 Å².